The van der Waals surface area contributed by atoms with Crippen molar-refractivity contribution >= 4 is 16.9 Å². The van der Waals surface area contributed by atoms with Crippen molar-refractivity contribution < 1.29 is 9.21 Å². The topological polar surface area (TPSA) is 68.3 Å². The van der Waals surface area contributed by atoms with Crippen molar-refractivity contribution in [1.82, 2.24) is 5.32 Å². The molecule has 4 heteroatoms. The normalized spacial score (nSPS) is 10.8. The van der Waals surface area contributed by atoms with Crippen molar-refractivity contribution in [3.8, 4) is 0 Å². The first-order valence-electron chi connectivity index (χ1n) is 5.72. The number of amides is 1. The van der Waals surface area contributed by atoms with Crippen LogP contribution >= 0.6 is 0 Å². The number of rotatable bonds is 6. The molecule has 4 nitrogen and oxygen atoms in total. The summed E-state index contributed by atoms with van der Waals surface area (Å²) in [7, 11) is 0. The van der Waals surface area contributed by atoms with Crippen LogP contribution in [0.3, 0.4) is 0 Å². The lowest BCUT2D eigenvalue weighted by Crippen LogP contribution is -2.17. The predicted molar refractivity (Wildman–Crippen MR) is 66.3 cm³/mol. The molecule has 17 heavy (non-hydrogen) atoms. The van der Waals surface area contributed by atoms with E-state index in [1.54, 1.807) is 0 Å². The van der Waals surface area contributed by atoms with Crippen LogP contribution in [-0.2, 0) is 11.3 Å². The van der Waals surface area contributed by atoms with Crippen LogP contribution in [-0.4, -0.2) is 12.5 Å². The number of hydrogen-bond acceptors (Lipinski definition) is 3. The Morgan fingerprint density at radius 1 is 1.35 bits per heavy atom. The van der Waals surface area contributed by atoms with Crippen LogP contribution < -0.4 is 11.1 Å². The van der Waals surface area contributed by atoms with Gasteiger partial charge in [-0.3, -0.25) is 4.79 Å². The molecule has 2 aromatic rings. The molecule has 2 rings (SSSR count). The third-order valence-corrected chi connectivity index (χ3v) is 2.55. The van der Waals surface area contributed by atoms with E-state index in [-0.39, 0.29) is 5.91 Å². The molecule has 90 valence electrons. The summed E-state index contributed by atoms with van der Waals surface area (Å²) in [6.45, 7) is 1.44. The fraction of sp³-hybridized carbons (Fsp3) is 0.308. The molecular weight excluding hydrogens is 216 g/mol. The SMILES string of the molecule is NC(=O)CCCNCc1cc2ccccc2o1. The van der Waals surface area contributed by atoms with Gasteiger partial charge in [-0.25, -0.2) is 0 Å². The second-order valence-electron chi connectivity index (χ2n) is 4.00. The van der Waals surface area contributed by atoms with E-state index in [4.69, 9.17) is 10.2 Å². The summed E-state index contributed by atoms with van der Waals surface area (Å²) in [6, 6.07) is 9.94. The highest BCUT2D eigenvalue weighted by atomic mass is 16.3. The van der Waals surface area contributed by atoms with Gasteiger partial charge >= 0.3 is 0 Å². The smallest absolute Gasteiger partial charge is 0.217 e. The molecule has 0 spiro atoms. The summed E-state index contributed by atoms with van der Waals surface area (Å²) in [5.74, 6) is 0.654. The van der Waals surface area contributed by atoms with Gasteiger partial charge in [-0.05, 0) is 25.1 Å². The molecule has 1 aromatic carbocycles. The van der Waals surface area contributed by atoms with Crippen LogP contribution in [0.25, 0.3) is 11.0 Å². The Hall–Kier alpha value is -1.81. The lowest BCUT2D eigenvalue weighted by Gasteiger charge is -2.00. The number of nitrogens with one attached hydrogen (secondary N) is 1. The Morgan fingerprint density at radius 2 is 2.18 bits per heavy atom. The van der Waals surface area contributed by atoms with E-state index in [9.17, 15) is 4.79 Å². The van der Waals surface area contributed by atoms with Crippen LogP contribution in [0, 0.1) is 0 Å². The monoisotopic (exact) mass is 232 g/mol. The maximum Gasteiger partial charge on any atom is 0.217 e. The molecule has 0 saturated heterocycles. The lowest BCUT2D eigenvalue weighted by atomic mass is 10.2. The number of furan rings is 1. The summed E-state index contributed by atoms with van der Waals surface area (Å²) in [5, 5.41) is 4.33. The number of benzene rings is 1. The van der Waals surface area contributed by atoms with E-state index < -0.39 is 0 Å². The Bertz CT molecular complexity index is 472. The Labute approximate surface area is 99.8 Å². The van der Waals surface area contributed by atoms with Gasteiger partial charge in [-0.2, -0.15) is 0 Å². The summed E-state index contributed by atoms with van der Waals surface area (Å²) in [4.78, 5) is 10.5. The first-order chi connectivity index (χ1) is 8.25. The van der Waals surface area contributed by atoms with Gasteiger partial charge in [0.05, 0.1) is 6.54 Å². The number of primary amides is 1. The van der Waals surface area contributed by atoms with Crippen molar-refractivity contribution in [3.05, 3.63) is 36.1 Å². The number of para-hydroxylation sites is 1. The van der Waals surface area contributed by atoms with Gasteiger partial charge in [0.25, 0.3) is 0 Å². The molecule has 0 saturated carbocycles. The second-order valence-corrected chi connectivity index (χ2v) is 4.00. The van der Waals surface area contributed by atoms with Gasteiger partial charge in [-0.1, -0.05) is 18.2 Å². The van der Waals surface area contributed by atoms with E-state index in [0.29, 0.717) is 13.0 Å². The van der Waals surface area contributed by atoms with Crippen LogP contribution in [0.5, 0.6) is 0 Å². The molecular formula is C13H16N2O2. The van der Waals surface area contributed by atoms with E-state index in [1.165, 1.54) is 0 Å². The Balaban J connectivity index is 1.81. The zero-order chi connectivity index (χ0) is 12.1. The summed E-state index contributed by atoms with van der Waals surface area (Å²) in [5.41, 5.74) is 5.96. The molecule has 1 amide bonds. The van der Waals surface area contributed by atoms with Gasteiger partial charge in [-0.15, -0.1) is 0 Å². The molecule has 0 atom stereocenters. The summed E-state index contributed by atoms with van der Waals surface area (Å²) < 4.78 is 5.64. The quantitative estimate of drug-likeness (QED) is 0.746. The molecule has 1 heterocycles. The first kappa shape index (κ1) is 11.7. The number of hydrogen-bond donors (Lipinski definition) is 2. The third-order valence-electron chi connectivity index (χ3n) is 2.55. The van der Waals surface area contributed by atoms with Crippen molar-refractivity contribution in [1.29, 1.82) is 0 Å². The van der Waals surface area contributed by atoms with Crippen LogP contribution in [0.4, 0.5) is 0 Å². The molecule has 3 N–H and O–H groups in total. The maximum atomic E-state index is 10.5. The van der Waals surface area contributed by atoms with E-state index in [1.807, 2.05) is 30.3 Å². The second kappa shape index (κ2) is 5.50. The zero-order valence-electron chi connectivity index (χ0n) is 9.61. The van der Waals surface area contributed by atoms with Crippen LogP contribution in [0.1, 0.15) is 18.6 Å². The fourth-order valence-corrected chi connectivity index (χ4v) is 1.72. The molecule has 0 radical (unpaired) electrons. The minimum atomic E-state index is -0.254. The minimum absolute atomic E-state index is 0.254. The highest BCUT2D eigenvalue weighted by Crippen LogP contribution is 2.18. The van der Waals surface area contributed by atoms with Crippen LogP contribution in [0.15, 0.2) is 34.7 Å². The molecule has 0 unspecified atom stereocenters. The predicted octanol–water partition coefficient (Wildman–Crippen LogP) is 1.79. The van der Waals surface area contributed by atoms with Crippen molar-refractivity contribution in [2.24, 2.45) is 5.73 Å². The number of fused-ring (bicyclic) bond motifs is 1. The summed E-state index contributed by atoms with van der Waals surface area (Å²) >= 11 is 0. The number of nitrogens with two attached hydrogens (primary N) is 1. The Morgan fingerprint density at radius 3 is 2.94 bits per heavy atom. The number of carbonyl (C=O) groups excluding carboxylic acids is 1. The van der Waals surface area contributed by atoms with Crippen molar-refractivity contribution in [3.63, 3.8) is 0 Å². The molecule has 1 aromatic heterocycles. The molecule has 0 bridgehead atoms. The molecule has 0 fully saturated rings. The van der Waals surface area contributed by atoms with E-state index in [0.717, 1.165) is 29.7 Å². The lowest BCUT2D eigenvalue weighted by molar-refractivity contribution is -0.118. The molecule has 0 aliphatic heterocycles. The van der Waals surface area contributed by atoms with Crippen molar-refractivity contribution in [2.45, 2.75) is 19.4 Å². The maximum absolute atomic E-state index is 10.5. The average molecular weight is 232 g/mol. The van der Waals surface area contributed by atoms with Crippen molar-refractivity contribution in [2.75, 3.05) is 6.54 Å². The average Bonchev–Trinajstić information content (AvgIpc) is 2.70. The third kappa shape index (κ3) is 3.32. The largest absolute Gasteiger partial charge is 0.460 e. The highest BCUT2D eigenvalue weighted by molar-refractivity contribution is 5.77. The fourth-order valence-electron chi connectivity index (χ4n) is 1.72. The highest BCUT2D eigenvalue weighted by Gasteiger charge is 2.02. The zero-order valence-corrected chi connectivity index (χ0v) is 9.61. The van der Waals surface area contributed by atoms with E-state index in [2.05, 4.69) is 5.32 Å². The first-order valence-corrected chi connectivity index (χ1v) is 5.72. The molecule has 0 aliphatic carbocycles. The molecule has 0 aliphatic rings. The minimum Gasteiger partial charge on any atom is -0.460 e. The standard InChI is InChI=1S/C13H16N2O2/c14-13(16)6-3-7-15-9-11-8-10-4-1-2-5-12(10)17-11/h1-2,4-5,8,15H,3,6-7,9H2,(H2,14,16). The van der Waals surface area contributed by atoms with Gasteiger partial charge < -0.3 is 15.5 Å². The van der Waals surface area contributed by atoms with Gasteiger partial charge in [0.2, 0.25) is 5.91 Å². The van der Waals surface area contributed by atoms with Gasteiger partial charge in [0.1, 0.15) is 11.3 Å². The Kier molecular flexibility index (Phi) is 3.77. The number of carbonyl (C=O) groups is 1. The van der Waals surface area contributed by atoms with Gasteiger partial charge in [0.15, 0.2) is 0 Å². The summed E-state index contributed by atoms with van der Waals surface area (Å²) in [6.07, 6.45) is 1.18. The van der Waals surface area contributed by atoms with Gasteiger partial charge in [0, 0.05) is 11.8 Å². The van der Waals surface area contributed by atoms with Crippen LogP contribution in [0.2, 0.25) is 0 Å². The van der Waals surface area contributed by atoms with E-state index >= 15 is 0 Å².